The van der Waals surface area contributed by atoms with E-state index in [4.69, 9.17) is 0 Å². The molecule has 0 aromatic rings. The van der Waals surface area contributed by atoms with E-state index in [9.17, 15) is 0 Å². The highest BCUT2D eigenvalue weighted by molar-refractivity contribution is 4.96. The van der Waals surface area contributed by atoms with Crippen molar-refractivity contribution in [3.05, 3.63) is 36.5 Å². The molecule has 0 amide bonds. The van der Waals surface area contributed by atoms with Gasteiger partial charge in [0.25, 0.3) is 0 Å². The van der Waals surface area contributed by atoms with E-state index in [0.29, 0.717) is 0 Å². The lowest BCUT2D eigenvalue weighted by Gasteiger charge is -1.94. The summed E-state index contributed by atoms with van der Waals surface area (Å²) in [6, 6.07) is 0. The summed E-state index contributed by atoms with van der Waals surface area (Å²) < 4.78 is 0. The zero-order chi connectivity index (χ0) is 9.19. The zero-order valence-electron chi connectivity index (χ0n) is 8.34. The van der Waals surface area contributed by atoms with E-state index in [1.165, 1.54) is 38.5 Å². The lowest BCUT2D eigenvalue weighted by atomic mass is 10.1. The van der Waals surface area contributed by atoms with Gasteiger partial charge in [0, 0.05) is 0 Å². The molecule has 0 fully saturated rings. The maximum absolute atomic E-state index is 3.18. The quantitative estimate of drug-likeness (QED) is 0.484. The molecule has 0 aromatic carbocycles. The van der Waals surface area contributed by atoms with E-state index in [1.807, 2.05) is 0 Å². The van der Waals surface area contributed by atoms with Gasteiger partial charge in [-0.05, 0) is 44.6 Å². The molecule has 13 heavy (non-hydrogen) atoms. The van der Waals surface area contributed by atoms with Crippen molar-refractivity contribution in [2.24, 2.45) is 0 Å². The fourth-order valence-corrected chi connectivity index (χ4v) is 1.42. The maximum atomic E-state index is 3.18. The first-order valence-corrected chi connectivity index (χ1v) is 5.38. The Morgan fingerprint density at radius 3 is 2.38 bits per heavy atom. The summed E-state index contributed by atoms with van der Waals surface area (Å²) in [7, 11) is 0. The van der Waals surface area contributed by atoms with Crippen molar-refractivity contribution in [1.82, 2.24) is 0 Å². The van der Waals surface area contributed by atoms with Gasteiger partial charge in [0.15, 0.2) is 0 Å². The molecule has 0 heterocycles. The van der Waals surface area contributed by atoms with Crippen LogP contribution in [0.4, 0.5) is 0 Å². The van der Waals surface area contributed by atoms with Crippen LogP contribution in [-0.2, 0) is 0 Å². The van der Waals surface area contributed by atoms with Crippen molar-refractivity contribution < 1.29 is 0 Å². The highest BCUT2D eigenvalue weighted by Crippen LogP contribution is 2.06. The molecular weight excluding hydrogens is 156 g/mol. The molecular formula is C13H19. The second-order valence-electron chi connectivity index (χ2n) is 3.46. The summed E-state index contributed by atoms with van der Waals surface area (Å²) in [5.74, 6) is 0. The van der Waals surface area contributed by atoms with Crippen LogP contribution in [0.15, 0.2) is 30.4 Å². The third-order valence-electron chi connectivity index (χ3n) is 2.22. The summed E-state index contributed by atoms with van der Waals surface area (Å²) in [4.78, 5) is 0. The Morgan fingerprint density at radius 2 is 1.46 bits per heavy atom. The Labute approximate surface area is 82.0 Å². The van der Waals surface area contributed by atoms with Crippen LogP contribution in [0.5, 0.6) is 0 Å². The fourth-order valence-electron chi connectivity index (χ4n) is 1.42. The highest BCUT2D eigenvalue weighted by atomic mass is 13.9. The molecule has 0 aromatic heterocycles. The molecule has 0 saturated heterocycles. The second-order valence-corrected chi connectivity index (χ2v) is 3.46. The van der Waals surface area contributed by atoms with Gasteiger partial charge < -0.3 is 0 Å². The van der Waals surface area contributed by atoms with Gasteiger partial charge in [-0.15, -0.1) is 0 Å². The molecule has 1 radical (unpaired) electrons. The minimum absolute atomic E-state index is 1.13. The van der Waals surface area contributed by atoms with E-state index in [2.05, 4.69) is 36.5 Å². The lowest BCUT2D eigenvalue weighted by Crippen LogP contribution is -1.74. The molecule has 0 spiro atoms. The van der Waals surface area contributed by atoms with Gasteiger partial charge in [-0.2, -0.15) is 0 Å². The largest absolute Gasteiger partial charge is 0.0885 e. The standard InChI is InChI=1S/C13H19/c1-2-4-6-8-10-12-13-11-9-7-5-3-1/h1-2,7,11,13H,3-6,8,10,12H2. The van der Waals surface area contributed by atoms with Crippen LogP contribution in [-0.4, -0.2) is 0 Å². The molecule has 0 saturated carbocycles. The van der Waals surface area contributed by atoms with Crippen LogP contribution in [0.25, 0.3) is 0 Å². The summed E-state index contributed by atoms with van der Waals surface area (Å²) in [5.41, 5.74) is 0. The Morgan fingerprint density at radius 1 is 0.692 bits per heavy atom. The molecule has 1 aliphatic carbocycles. The average Bonchev–Trinajstić information content (AvgIpc) is 2.18. The molecule has 1 aliphatic rings. The fraction of sp³-hybridized carbons (Fsp3) is 0.538. The summed E-state index contributed by atoms with van der Waals surface area (Å²) in [6.07, 6.45) is 23.0. The molecule has 0 bridgehead atoms. The van der Waals surface area contributed by atoms with E-state index in [-0.39, 0.29) is 0 Å². The van der Waals surface area contributed by atoms with Crippen molar-refractivity contribution in [2.75, 3.05) is 0 Å². The first-order valence-electron chi connectivity index (χ1n) is 5.38. The van der Waals surface area contributed by atoms with Crippen molar-refractivity contribution in [2.45, 2.75) is 44.9 Å². The molecule has 0 heteroatoms. The van der Waals surface area contributed by atoms with Gasteiger partial charge >= 0.3 is 0 Å². The highest BCUT2D eigenvalue weighted by Gasteiger charge is 1.86. The van der Waals surface area contributed by atoms with Crippen LogP contribution >= 0.6 is 0 Å². The van der Waals surface area contributed by atoms with E-state index in [1.54, 1.807) is 0 Å². The van der Waals surface area contributed by atoms with Crippen molar-refractivity contribution >= 4 is 0 Å². The third-order valence-corrected chi connectivity index (χ3v) is 2.22. The summed E-state index contributed by atoms with van der Waals surface area (Å²) in [5, 5.41) is 0. The zero-order valence-corrected chi connectivity index (χ0v) is 8.34. The van der Waals surface area contributed by atoms with Gasteiger partial charge in [-0.1, -0.05) is 36.8 Å². The molecule has 0 atom stereocenters. The minimum atomic E-state index is 1.13. The van der Waals surface area contributed by atoms with Gasteiger partial charge in [-0.3, -0.25) is 0 Å². The van der Waals surface area contributed by atoms with Gasteiger partial charge in [0.05, 0.1) is 0 Å². The monoisotopic (exact) mass is 175 g/mol. The van der Waals surface area contributed by atoms with E-state index >= 15 is 0 Å². The third kappa shape index (κ3) is 6.39. The molecule has 0 unspecified atom stereocenters. The minimum Gasteiger partial charge on any atom is -0.0885 e. The Hall–Kier alpha value is -0.780. The Bertz CT molecular complexity index is 184. The van der Waals surface area contributed by atoms with Crippen LogP contribution in [0, 0.1) is 6.08 Å². The SMILES string of the molecule is [C]1=CCCC=CCCCCCC=C1. The van der Waals surface area contributed by atoms with Crippen molar-refractivity contribution in [1.29, 1.82) is 0 Å². The number of hydrogen-bond acceptors (Lipinski definition) is 0. The molecule has 1 rings (SSSR count). The molecule has 71 valence electrons. The summed E-state index contributed by atoms with van der Waals surface area (Å²) in [6.45, 7) is 0. The van der Waals surface area contributed by atoms with Gasteiger partial charge in [0.1, 0.15) is 0 Å². The topological polar surface area (TPSA) is 0 Å². The normalized spacial score (nSPS) is 20.3. The van der Waals surface area contributed by atoms with Gasteiger partial charge in [-0.25, -0.2) is 0 Å². The number of hydrogen-bond donors (Lipinski definition) is 0. The van der Waals surface area contributed by atoms with Crippen molar-refractivity contribution in [3.63, 3.8) is 0 Å². The Kier molecular flexibility index (Phi) is 6.22. The Balaban J connectivity index is 2.28. The van der Waals surface area contributed by atoms with E-state index < -0.39 is 0 Å². The number of rotatable bonds is 0. The summed E-state index contributed by atoms with van der Waals surface area (Å²) >= 11 is 0. The van der Waals surface area contributed by atoms with E-state index in [0.717, 1.165) is 6.42 Å². The predicted molar refractivity (Wildman–Crippen MR) is 58.4 cm³/mol. The predicted octanol–water partition coefficient (Wildman–Crippen LogP) is 4.20. The molecule has 0 aliphatic heterocycles. The van der Waals surface area contributed by atoms with Crippen LogP contribution in [0.1, 0.15) is 44.9 Å². The number of allylic oxidation sites excluding steroid dienone is 6. The maximum Gasteiger partial charge on any atom is -0.0230 e. The lowest BCUT2D eigenvalue weighted by molar-refractivity contribution is 0.695. The van der Waals surface area contributed by atoms with Crippen LogP contribution < -0.4 is 0 Å². The first-order chi connectivity index (χ1) is 6.50. The second kappa shape index (κ2) is 7.85. The smallest absolute Gasteiger partial charge is 0.0230 e. The van der Waals surface area contributed by atoms with Crippen LogP contribution in [0.3, 0.4) is 0 Å². The average molecular weight is 175 g/mol. The van der Waals surface area contributed by atoms with Crippen molar-refractivity contribution in [3.8, 4) is 0 Å². The van der Waals surface area contributed by atoms with Crippen LogP contribution in [0.2, 0.25) is 0 Å². The first kappa shape index (κ1) is 10.3. The molecule has 0 N–H and O–H groups in total. The molecule has 0 nitrogen and oxygen atoms in total. The van der Waals surface area contributed by atoms with Gasteiger partial charge in [0.2, 0.25) is 0 Å².